The number of nitrogens with zero attached hydrogens (tertiary/aromatic N) is 3. The summed E-state index contributed by atoms with van der Waals surface area (Å²) in [4.78, 5) is 25.4. The molecular formula is C14H13N7O2. The molecule has 1 aromatic carbocycles. The summed E-state index contributed by atoms with van der Waals surface area (Å²) in [6.45, 7) is 0.281. The highest BCUT2D eigenvalue weighted by Crippen LogP contribution is 2.08. The number of nitrogens with one attached hydrogen (secondary N) is 4. The predicted octanol–water partition coefficient (Wildman–Crippen LogP) is 0.752. The van der Waals surface area contributed by atoms with E-state index in [0.717, 1.165) is 0 Å². The normalized spacial score (nSPS) is 10.3. The van der Waals surface area contributed by atoms with Crippen LogP contribution in [0.25, 0.3) is 0 Å². The number of hydrogen-bond acceptors (Lipinski definition) is 6. The molecule has 0 saturated heterocycles. The van der Waals surface area contributed by atoms with Crippen molar-refractivity contribution in [1.82, 2.24) is 25.4 Å². The van der Waals surface area contributed by atoms with Gasteiger partial charge in [0.2, 0.25) is 0 Å². The standard InChI is InChI=1S/C14H13N7O2/c22-13(16-9-4-2-1-3-5-9)10-6-7-11(19-18-10)15-8-12-17-14(23)21-20-12/h1-7H,8H2,(H,15,19)(H,16,22)(H2,17,20,21,23). The lowest BCUT2D eigenvalue weighted by molar-refractivity contribution is 0.102. The summed E-state index contributed by atoms with van der Waals surface area (Å²) in [6.07, 6.45) is 0. The van der Waals surface area contributed by atoms with E-state index in [4.69, 9.17) is 0 Å². The number of benzene rings is 1. The molecule has 9 nitrogen and oxygen atoms in total. The third-order valence-electron chi connectivity index (χ3n) is 2.92. The molecule has 0 bridgehead atoms. The van der Waals surface area contributed by atoms with Gasteiger partial charge in [0.05, 0.1) is 6.54 Å². The molecule has 3 aromatic rings. The summed E-state index contributed by atoms with van der Waals surface area (Å²) in [6, 6.07) is 12.3. The first kappa shape index (κ1) is 14.4. The number of H-pyrrole nitrogens is 2. The third-order valence-corrected chi connectivity index (χ3v) is 2.92. The van der Waals surface area contributed by atoms with Gasteiger partial charge in [-0.05, 0) is 24.3 Å². The SMILES string of the molecule is O=C(Nc1ccccc1)c1ccc(NCc2n[nH]c(=O)[nH]2)nn1. The second-order valence-electron chi connectivity index (χ2n) is 4.60. The summed E-state index contributed by atoms with van der Waals surface area (Å²) >= 11 is 0. The van der Waals surface area contributed by atoms with Crippen molar-refractivity contribution in [2.75, 3.05) is 10.6 Å². The molecule has 0 aliphatic heterocycles. The molecule has 9 heteroatoms. The molecule has 0 aliphatic carbocycles. The summed E-state index contributed by atoms with van der Waals surface area (Å²) < 4.78 is 0. The Balaban J connectivity index is 1.60. The van der Waals surface area contributed by atoms with Gasteiger partial charge in [-0.2, -0.15) is 5.10 Å². The van der Waals surface area contributed by atoms with Crippen LogP contribution in [0.4, 0.5) is 11.5 Å². The maximum atomic E-state index is 12.0. The molecule has 0 unspecified atom stereocenters. The summed E-state index contributed by atoms with van der Waals surface area (Å²) in [5.41, 5.74) is 0.511. The van der Waals surface area contributed by atoms with E-state index < -0.39 is 0 Å². The van der Waals surface area contributed by atoms with Crippen LogP contribution in [-0.4, -0.2) is 31.3 Å². The molecule has 3 rings (SSSR count). The molecule has 0 atom stereocenters. The molecule has 4 N–H and O–H groups in total. The second kappa shape index (κ2) is 6.52. The molecule has 1 amide bonds. The lowest BCUT2D eigenvalue weighted by Crippen LogP contribution is -2.15. The minimum absolute atomic E-state index is 0.201. The number of anilines is 2. The number of carbonyl (C=O) groups excluding carboxylic acids is 1. The van der Waals surface area contributed by atoms with Crippen LogP contribution in [0.2, 0.25) is 0 Å². The molecule has 116 valence electrons. The van der Waals surface area contributed by atoms with Crippen LogP contribution >= 0.6 is 0 Å². The van der Waals surface area contributed by atoms with Crippen LogP contribution in [0.15, 0.2) is 47.3 Å². The van der Waals surface area contributed by atoms with Crippen molar-refractivity contribution < 1.29 is 4.79 Å². The maximum absolute atomic E-state index is 12.0. The number of carbonyl (C=O) groups is 1. The minimum Gasteiger partial charge on any atom is -0.361 e. The van der Waals surface area contributed by atoms with Gasteiger partial charge in [-0.1, -0.05) is 18.2 Å². The Morgan fingerprint density at radius 3 is 2.57 bits per heavy atom. The zero-order valence-electron chi connectivity index (χ0n) is 11.9. The lowest BCUT2D eigenvalue weighted by atomic mass is 10.3. The zero-order valence-corrected chi connectivity index (χ0v) is 11.9. The van der Waals surface area contributed by atoms with Crippen molar-refractivity contribution in [3.05, 3.63) is 64.5 Å². The number of amides is 1. The molecule has 2 aromatic heterocycles. The number of rotatable bonds is 5. The number of hydrogen-bond donors (Lipinski definition) is 4. The molecule has 0 fully saturated rings. The first-order valence-corrected chi connectivity index (χ1v) is 6.78. The third kappa shape index (κ3) is 3.79. The lowest BCUT2D eigenvalue weighted by Gasteiger charge is -2.05. The fourth-order valence-electron chi connectivity index (χ4n) is 1.83. The van der Waals surface area contributed by atoms with Gasteiger partial charge in [0.25, 0.3) is 5.91 Å². The number of aromatic amines is 2. The van der Waals surface area contributed by atoms with Crippen molar-refractivity contribution in [2.45, 2.75) is 6.54 Å². The number of para-hydroxylation sites is 1. The highest BCUT2D eigenvalue weighted by Gasteiger charge is 2.08. The fraction of sp³-hybridized carbons (Fsp3) is 0.0714. The predicted molar refractivity (Wildman–Crippen MR) is 83.0 cm³/mol. The largest absolute Gasteiger partial charge is 0.361 e. The Morgan fingerprint density at radius 1 is 1.09 bits per heavy atom. The van der Waals surface area contributed by atoms with Crippen molar-refractivity contribution in [2.24, 2.45) is 0 Å². The van der Waals surface area contributed by atoms with E-state index in [2.05, 4.69) is 36.0 Å². The molecule has 0 saturated carbocycles. The van der Waals surface area contributed by atoms with Crippen LogP contribution in [0, 0.1) is 0 Å². The van der Waals surface area contributed by atoms with Gasteiger partial charge in [0, 0.05) is 5.69 Å². The quantitative estimate of drug-likeness (QED) is 0.550. The van der Waals surface area contributed by atoms with Crippen LogP contribution in [0.5, 0.6) is 0 Å². The van der Waals surface area contributed by atoms with Crippen LogP contribution in [-0.2, 0) is 6.54 Å². The van der Waals surface area contributed by atoms with E-state index >= 15 is 0 Å². The Morgan fingerprint density at radius 2 is 1.91 bits per heavy atom. The molecular weight excluding hydrogens is 298 g/mol. The first-order chi connectivity index (χ1) is 11.2. The summed E-state index contributed by atoms with van der Waals surface area (Å²) in [5.74, 6) is 0.569. The highest BCUT2D eigenvalue weighted by molar-refractivity contribution is 6.02. The van der Waals surface area contributed by atoms with Gasteiger partial charge in [0.1, 0.15) is 11.6 Å². The molecule has 2 heterocycles. The van der Waals surface area contributed by atoms with E-state index in [1.165, 1.54) is 0 Å². The smallest absolute Gasteiger partial charge is 0.340 e. The Bertz CT molecular complexity index is 839. The van der Waals surface area contributed by atoms with E-state index in [9.17, 15) is 9.59 Å². The average molecular weight is 311 g/mol. The van der Waals surface area contributed by atoms with E-state index in [1.54, 1.807) is 24.3 Å². The van der Waals surface area contributed by atoms with E-state index in [0.29, 0.717) is 17.3 Å². The first-order valence-electron chi connectivity index (χ1n) is 6.78. The molecule has 23 heavy (non-hydrogen) atoms. The van der Waals surface area contributed by atoms with Crippen LogP contribution in [0.1, 0.15) is 16.3 Å². The Kier molecular flexibility index (Phi) is 4.09. The maximum Gasteiger partial charge on any atom is 0.340 e. The van der Waals surface area contributed by atoms with Gasteiger partial charge in [-0.3, -0.25) is 9.78 Å². The Hall–Kier alpha value is -3.49. The van der Waals surface area contributed by atoms with Crippen LogP contribution < -0.4 is 16.3 Å². The zero-order chi connectivity index (χ0) is 16.1. The minimum atomic E-state index is -0.374. The van der Waals surface area contributed by atoms with Gasteiger partial charge >= 0.3 is 5.69 Å². The molecule has 0 spiro atoms. The van der Waals surface area contributed by atoms with E-state index in [-0.39, 0.29) is 23.8 Å². The van der Waals surface area contributed by atoms with Crippen LogP contribution in [0.3, 0.4) is 0 Å². The second-order valence-corrected chi connectivity index (χ2v) is 4.60. The Labute approximate surface area is 130 Å². The van der Waals surface area contributed by atoms with E-state index in [1.807, 2.05) is 18.2 Å². The van der Waals surface area contributed by atoms with Crippen molar-refractivity contribution in [3.8, 4) is 0 Å². The van der Waals surface area contributed by atoms with Crippen molar-refractivity contribution in [3.63, 3.8) is 0 Å². The molecule has 0 radical (unpaired) electrons. The average Bonchev–Trinajstić information content (AvgIpc) is 3.00. The van der Waals surface area contributed by atoms with Crippen molar-refractivity contribution in [1.29, 1.82) is 0 Å². The molecule has 0 aliphatic rings. The summed E-state index contributed by atoms with van der Waals surface area (Å²) in [5, 5.41) is 19.5. The van der Waals surface area contributed by atoms with Crippen molar-refractivity contribution >= 4 is 17.4 Å². The van der Waals surface area contributed by atoms with Gasteiger partial charge in [-0.15, -0.1) is 10.2 Å². The monoisotopic (exact) mass is 311 g/mol. The summed E-state index contributed by atoms with van der Waals surface area (Å²) in [7, 11) is 0. The fourth-order valence-corrected chi connectivity index (χ4v) is 1.83. The topological polar surface area (TPSA) is 128 Å². The van der Waals surface area contributed by atoms with Gasteiger partial charge in [0.15, 0.2) is 5.69 Å². The number of aromatic nitrogens is 5. The van der Waals surface area contributed by atoms with Gasteiger partial charge in [-0.25, -0.2) is 9.89 Å². The highest BCUT2D eigenvalue weighted by atomic mass is 16.2. The van der Waals surface area contributed by atoms with Gasteiger partial charge < -0.3 is 10.6 Å².